The van der Waals surface area contributed by atoms with Crippen molar-refractivity contribution in [2.45, 2.75) is 58.1 Å². The fourth-order valence-corrected chi connectivity index (χ4v) is 2.34. The number of nitrogens with zero attached hydrogens (tertiary/aromatic N) is 1. The largest absolute Gasteiger partial charge is 0.409 e. The van der Waals surface area contributed by atoms with E-state index in [0.717, 1.165) is 12.8 Å². The van der Waals surface area contributed by atoms with E-state index in [1.54, 1.807) is 0 Å². The zero-order valence-electron chi connectivity index (χ0n) is 12.0. The molecule has 0 aromatic heterocycles. The third-order valence-electron chi connectivity index (χ3n) is 3.65. The van der Waals surface area contributed by atoms with Gasteiger partial charge in [0.15, 0.2) is 5.84 Å². The van der Waals surface area contributed by atoms with E-state index in [9.17, 15) is 4.79 Å². The summed E-state index contributed by atoms with van der Waals surface area (Å²) < 4.78 is 5.27. The van der Waals surface area contributed by atoms with Crippen molar-refractivity contribution >= 4 is 11.7 Å². The maximum absolute atomic E-state index is 11.9. The Kier molecular flexibility index (Phi) is 5.60. The van der Waals surface area contributed by atoms with Crippen LogP contribution in [-0.2, 0) is 9.53 Å². The number of rotatable bonds is 5. The Morgan fingerprint density at radius 1 is 1.53 bits per heavy atom. The van der Waals surface area contributed by atoms with Gasteiger partial charge in [-0.05, 0) is 45.4 Å². The molecule has 6 nitrogen and oxygen atoms in total. The van der Waals surface area contributed by atoms with Crippen LogP contribution in [0.5, 0.6) is 0 Å². The standard InChI is InChI=1S/C13H25N3O3/c1-9(2)19-8-11(17)15-13(12(14)16-18)6-4-10(3)5-7-13/h9-10,18H,4-8H2,1-3H3,(H2,14,16)(H,15,17). The molecule has 0 aromatic rings. The molecule has 1 amide bonds. The number of hydrogen-bond acceptors (Lipinski definition) is 4. The van der Waals surface area contributed by atoms with Gasteiger partial charge in [0.1, 0.15) is 12.1 Å². The van der Waals surface area contributed by atoms with Gasteiger partial charge in [-0.15, -0.1) is 0 Å². The third-order valence-corrected chi connectivity index (χ3v) is 3.65. The van der Waals surface area contributed by atoms with Gasteiger partial charge in [0, 0.05) is 0 Å². The lowest BCUT2D eigenvalue weighted by atomic mass is 9.76. The number of ether oxygens (including phenoxy) is 1. The average Bonchev–Trinajstić information content (AvgIpc) is 2.38. The predicted octanol–water partition coefficient (Wildman–Crippen LogP) is 1.22. The summed E-state index contributed by atoms with van der Waals surface area (Å²) >= 11 is 0. The van der Waals surface area contributed by atoms with Gasteiger partial charge in [0.05, 0.1) is 6.10 Å². The summed E-state index contributed by atoms with van der Waals surface area (Å²) in [5, 5.41) is 14.9. The molecule has 0 aromatic carbocycles. The smallest absolute Gasteiger partial charge is 0.246 e. The van der Waals surface area contributed by atoms with Crippen LogP contribution in [0.4, 0.5) is 0 Å². The molecule has 0 radical (unpaired) electrons. The zero-order valence-corrected chi connectivity index (χ0v) is 12.0. The summed E-state index contributed by atoms with van der Waals surface area (Å²) in [7, 11) is 0. The van der Waals surface area contributed by atoms with Gasteiger partial charge >= 0.3 is 0 Å². The number of amidine groups is 1. The second kappa shape index (κ2) is 6.75. The minimum Gasteiger partial charge on any atom is -0.409 e. The number of amides is 1. The van der Waals surface area contributed by atoms with E-state index >= 15 is 0 Å². The van der Waals surface area contributed by atoms with Gasteiger partial charge in [-0.2, -0.15) is 0 Å². The molecule has 1 aliphatic rings. The van der Waals surface area contributed by atoms with Crippen molar-refractivity contribution in [1.82, 2.24) is 5.32 Å². The Bertz CT molecular complexity index is 334. The number of hydrogen-bond donors (Lipinski definition) is 3. The summed E-state index contributed by atoms with van der Waals surface area (Å²) in [6.07, 6.45) is 3.27. The third kappa shape index (κ3) is 4.38. The van der Waals surface area contributed by atoms with Crippen LogP contribution < -0.4 is 11.1 Å². The van der Waals surface area contributed by atoms with E-state index in [1.165, 1.54) is 0 Å². The van der Waals surface area contributed by atoms with Crippen molar-refractivity contribution in [3.8, 4) is 0 Å². The highest BCUT2D eigenvalue weighted by atomic mass is 16.5. The average molecular weight is 271 g/mol. The quantitative estimate of drug-likeness (QED) is 0.303. The Balaban J connectivity index is 2.68. The van der Waals surface area contributed by atoms with E-state index in [4.69, 9.17) is 15.7 Å². The molecule has 0 bridgehead atoms. The van der Waals surface area contributed by atoms with Gasteiger partial charge in [-0.1, -0.05) is 12.1 Å². The number of nitrogens with one attached hydrogen (secondary N) is 1. The minimum atomic E-state index is -0.724. The van der Waals surface area contributed by atoms with E-state index in [0.29, 0.717) is 18.8 Å². The number of carbonyl (C=O) groups excluding carboxylic acids is 1. The summed E-state index contributed by atoms with van der Waals surface area (Å²) in [6, 6.07) is 0. The molecule has 1 saturated carbocycles. The first-order valence-electron chi connectivity index (χ1n) is 6.80. The van der Waals surface area contributed by atoms with Crippen LogP contribution in [0.2, 0.25) is 0 Å². The Labute approximate surface area is 114 Å². The highest BCUT2D eigenvalue weighted by Crippen LogP contribution is 2.32. The fourth-order valence-electron chi connectivity index (χ4n) is 2.34. The first-order chi connectivity index (χ1) is 8.89. The van der Waals surface area contributed by atoms with Crippen molar-refractivity contribution < 1.29 is 14.7 Å². The van der Waals surface area contributed by atoms with Crippen molar-refractivity contribution in [1.29, 1.82) is 0 Å². The zero-order chi connectivity index (χ0) is 14.5. The van der Waals surface area contributed by atoms with Gasteiger partial charge in [0.2, 0.25) is 5.91 Å². The molecule has 1 fully saturated rings. The molecule has 0 atom stereocenters. The van der Waals surface area contributed by atoms with Crippen LogP contribution in [0, 0.1) is 5.92 Å². The normalized spacial score (nSPS) is 28.4. The maximum Gasteiger partial charge on any atom is 0.246 e. The lowest BCUT2D eigenvalue weighted by Gasteiger charge is -2.38. The monoisotopic (exact) mass is 271 g/mol. The van der Waals surface area contributed by atoms with Crippen LogP contribution in [0.3, 0.4) is 0 Å². The molecule has 4 N–H and O–H groups in total. The second-order valence-electron chi connectivity index (χ2n) is 5.66. The summed E-state index contributed by atoms with van der Waals surface area (Å²) in [4.78, 5) is 11.9. The van der Waals surface area contributed by atoms with Crippen LogP contribution in [0.15, 0.2) is 5.16 Å². The predicted molar refractivity (Wildman–Crippen MR) is 73.0 cm³/mol. The Morgan fingerprint density at radius 2 is 2.11 bits per heavy atom. The van der Waals surface area contributed by atoms with Crippen LogP contribution in [-0.4, -0.2) is 35.2 Å². The molecule has 6 heteroatoms. The molecule has 110 valence electrons. The number of oxime groups is 1. The molecule has 1 rings (SSSR count). The number of carbonyl (C=O) groups is 1. The lowest BCUT2D eigenvalue weighted by Crippen LogP contribution is -2.59. The minimum absolute atomic E-state index is 0.00284. The first-order valence-corrected chi connectivity index (χ1v) is 6.80. The first kappa shape index (κ1) is 15.8. The summed E-state index contributed by atoms with van der Waals surface area (Å²) in [5.41, 5.74) is 5.05. The molecule has 0 aliphatic heterocycles. The van der Waals surface area contributed by atoms with E-state index in [-0.39, 0.29) is 24.5 Å². The number of nitrogens with two attached hydrogens (primary N) is 1. The molecule has 0 heterocycles. The van der Waals surface area contributed by atoms with Crippen LogP contribution >= 0.6 is 0 Å². The topological polar surface area (TPSA) is 96.9 Å². The van der Waals surface area contributed by atoms with Crippen LogP contribution in [0.25, 0.3) is 0 Å². The Hall–Kier alpha value is -1.30. The molecular weight excluding hydrogens is 246 g/mol. The van der Waals surface area contributed by atoms with E-state index < -0.39 is 5.54 Å². The van der Waals surface area contributed by atoms with E-state index in [2.05, 4.69) is 17.4 Å². The fraction of sp³-hybridized carbons (Fsp3) is 0.846. The SMILES string of the molecule is CC1CCC(NC(=O)COC(C)C)(C(N)=NO)CC1. The molecule has 0 saturated heterocycles. The van der Waals surface area contributed by atoms with Crippen LogP contribution in [0.1, 0.15) is 46.5 Å². The van der Waals surface area contributed by atoms with Gasteiger partial charge < -0.3 is 21.0 Å². The van der Waals surface area contributed by atoms with Gasteiger partial charge in [-0.3, -0.25) is 4.79 Å². The molecule has 0 unspecified atom stereocenters. The Morgan fingerprint density at radius 3 is 2.58 bits per heavy atom. The maximum atomic E-state index is 11.9. The van der Waals surface area contributed by atoms with Crippen molar-refractivity contribution in [2.75, 3.05) is 6.61 Å². The van der Waals surface area contributed by atoms with E-state index in [1.807, 2.05) is 13.8 Å². The van der Waals surface area contributed by atoms with Crippen molar-refractivity contribution in [3.63, 3.8) is 0 Å². The summed E-state index contributed by atoms with van der Waals surface area (Å²) in [5.74, 6) is 0.454. The highest BCUT2D eigenvalue weighted by molar-refractivity contribution is 5.94. The summed E-state index contributed by atoms with van der Waals surface area (Å²) in [6.45, 7) is 5.90. The van der Waals surface area contributed by atoms with Crippen molar-refractivity contribution in [3.05, 3.63) is 0 Å². The van der Waals surface area contributed by atoms with Gasteiger partial charge in [0.25, 0.3) is 0 Å². The highest BCUT2D eigenvalue weighted by Gasteiger charge is 2.39. The molecule has 1 aliphatic carbocycles. The molecular formula is C13H25N3O3. The van der Waals surface area contributed by atoms with Crippen molar-refractivity contribution in [2.24, 2.45) is 16.8 Å². The lowest BCUT2D eigenvalue weighted by molar-refractivity contribution is -0.128. The molecule has 0 spiro atoms. The van der Waals surface area contributed by atoms with Gasteiger partial charge in [-0.25, -0.2) is 0 Å². The second-order valence-corrected chi connectivity index (χ2v) is 5.66. The molecule has 19 heavy (non-hydrogen) atoms.